The number of urea groups is 1. The molecule has 2 aliphatic heterocycles. The normalized spacial score (nSPS) is 23.7. The molecule has 2 saturated heterocycles. The molecule has 3 amide bonds. The van der Waals surface area contributed by atoms with E-state index in [-0.39, 0.29) is 29.3 Å². The van der Waals surface area contributed by atoms with E-state index in [2.05, 4.69) is 22.6 Å². The number of thiol groups is 1. The van der Waals surface area contributed by atoms with E-state index in [4.69, 9.17) is 0 Å². The molecule has 134 valence electrons. The Labute approximate surface area is 157 Å². The standard InChI is InChI=1S/C19H20N4O2S/c24-16-12-15(17(26)18-20-9-5-10-21-18)23(16)19(25)22-11-4-8-14(22)13-6-2-1-3-7-13/h1-3,5-7,9-10,14-15,17,26H,4,8,11-12H2. The SMILES string of the molecule is O=C1CC(C(S)c2ncccn2)N1C(=O)N1CCCC1c1ccccc1. The van der Waals surface area contributed by atoms with E-state index in [0.717, 1.165) is 18.4 Å². The first-order valence-corrected chi connectivity index (χ1v) is 9.31. The minimum atomic E-state index is -0.379. The van der Waals surface area contributed by atoms with Crippen molar-refractivity contribution in [2.45, 2.75) is 36.6 Å². The molecule has 26 heavy (non-hydrogen) atoms. The number of hydrogen-bond acceptors (Lipinski definition) is 5. The van der Waals surface area contributed by atoms with Crippen LogP contribution in [-0.4, -0.2) is 44.3 Å². The van der Waals surface area contributed by atoms with Crippen LogP contribution in [0.1, 0.15) is 41.9 Å². The van der Waals surface area contributed by atoms with Gasteiger partial charge in [-0.1, -0.05) is 30.3 Å². The molecule has 0 N–H and O–H groups in total. The summed E-state index contributed by atoms with van der Waals surface area (Å²) in [5, 5.41) is -0.379. The highest BCUT2D eigenvalue weighted by atomic mass is 32.1. The van der Waals surface area contributed by atoms with Crippen molar-refractivity contribution in [1.29, 1.82) is 0 Å². The number of carbonyl (C=O) groups excluding carboxylic acids is 2. The highest BCUT2D eigenvalue weighted by Gasteiger charge is 2.48. The van der Waals surface area contributed by atoms with Crippen LogP contribution in [0, 0.1) is 0 Å². The summed E-state index contributed by atoms with van der Waals surface area (Å²) in [4.78, 5) is 36.9. The fourth-order valence-corrected chi connectivity index (χ4v) is 4.11. The third kappa shape index (κ3) is 2.96. The highest BCUT2D eigenvalue weighted by molar-refractivity contribution is 7.80. The Bertz CT molecular complexity index is 802. The zero-order valence-corrected chi connectivity index (χ0v) is 15.1. The molecule has 2 aliphatic rings. The van der Waals surface area contributed by atoms with Crippen molar-refractivity contribution in [2.75, 3.05) is 6.54 Å². The van der Waals surface area contributed by atoms with Gasteiger partial charge in [0.05, 0.1) is 17.3 Å². The molecule has 0 saturated carbocycles. The maximum atomic E-state index is 13.1. The molecular weight excluding hydrogens is 348 g/mol. The fourth-order valence-electron chi connectivity index (χ4n) is 3.73. The number of amides is 3. The minimum absolute atomic E-state index is 0.0177. The molecule has 1 aromatic carbocycles. The quantitative estimate of drug-likeness (QED) is 0.668. The lowest BCUT2D eigenvalue weighted by Crippen LogP contribution is -2.60. The molecule has 3 heterocycles. The Morgan fingerprint density at radius 3 is 2.58 bits per heavy atom. The van der Waals surface area contributed by atoms with Crippen LogP contribution in [0.2, 0.25) is 0 Å². The Balaban J connectivity index is 1.54. The molecule has 0 aliphatic carbocycles. The summed E-state index contributed by atoms with van der Waals surface area (Å²) < 4.78 is 0. The van der Waals surface area contributed by atoms with E-state index in [9.17, 15) is 9.59 Å². The van der Waals surface area contributed by atoms with Crippen molar-refractivity contribution in [3.63, 3.8) is 0 Å². The second kappa shape index (κ2) is 7.07. The van der Waals surface area contributed by atoms with Crippen LogP contribution in [0.3, 0.4) is 0 Å². The number of imide groups is 1. The number of benzene rings is 1. The first-order valence-electron chi connectivity index (χ1n) is 8.79. The van der Waals surface area contributed by atoms with E-state index >= 15 is 0 Å². The summed E-state index contributed by atoms with van der Waals surface area (Å²) in [6.07, 6.45) is 5.43. The second-order valence-corrected chi connectivity index (χ2v) is 7.19. The molecule has 2 fully saturated rings. The molecule has 4 rings (SSSR count). The molecule has 0 spiro atoms. The van der Waals surface area contributed by atoms with Gasteiger partial charge in [-0.05, 0) is 24.5 Å². The molecule has 0 radical (unpaired) electrons. The summed E-state index contributed by atoms with van der Waals surface area (Å²) in [5.41, 5.74) is 1.11. The smallest absolute Gasteiger partial charge is 0.317 e. The average molecular weight is 368 g/mol. The minimum Gasteiger partial charge on any atom is -0.317 e. The Morgan fingerprint density at radius 1 is 1.15 bits per heavy atom. The highest BCUT2D eigenvalue weighted by Crippen LogP contribution is 2.38. The van der Waals surface area contributed by atoms with E-state index in [1.54, 1.807) is 18.5 Å². The van der Waals surface area contributed by atoms with Crippen LogP contribution in [0.25, 0.3) is 0 Å². The third-order valence-electron chi connectivity index (χ3n) is 5.09. The van der Waals surface area contributed by atoms with Gasteiger partial charge in [-0.15, -0.1) is 0 Å². The molecule has 1 aromatic heterocycles. The molecule has 2 aromatic rings. The number of carbonyl (C=O) groups is 2. The van der Waals surface area contributed by atoms with Crippen molar-refractivity contribution in [2.24, 2.45) is 0 Å². The lowest BCUT2D eigenvalue weighted by molar-refractivity contribution is -0.141. The largest absolute Gasteiger partial charge is 0.327 e. The Kier molecular flexibility index (Phi) is 4.63. The van der Waals surface area contributed by atoms with Crippen molar-refractivity contribution >= 4 is 24.6 Å². The average Bonchev–Trinajstić information content (AvgIpc) is 3.17. The third-order valence-corrected chi connectivity index (χ3v) is 5.66. The lowest BCUT2D eigenvalue weighted by atomic mass is 9.97. The van der Waals surface area contributed by atoms with Crippen molar-refractivity contribution in [1.82, 2.24) is 19.8 Å². The van der Waals surface area contributed by atoms with E-state index in [0.29, 0.717) is 18.8 Å². The molecule has 7 heteroatoms. The van der Waals surface area contributed by atoms with Gasteiger partial charge in [0.25, 0.3) is 0 Å². The number of aromatic nitrogens is 2. The number of nitrogens with zero attached hydrogens (tertiary/aromatic N) is 4. The van der Waals surface area contributed by atoms with Crippen LogP contribution in [0.15, 0.2) is 48.8 Å². The van der Waals surface area contributed by atoms with E-state index in [1.807, 2.05) is 35.2 Å². The second-order valence-electron chi connectivity index (χ2n) is 6.63. The maximum absolute atomic E-state index is 13.1. The number of rotatable bonds is 3. The Hall–Kier alpha value is -2.41. The van der Waals surface area contributed by atoms with Gasteiger partial charge in [-0.2, -0.15) is 12.6 Å². The van der Waals surface area contributed by atoms with Crippen molar-refractivity contribution in [3.05, 3.63) is 60.2 Å². The van der Waals surface area contributed by atoms with Crippen LogP contribution < -0.4 is 0 Å². The van der Waals surface area contributed by atoms with Crippen LogP contribution in [-0.2, 0) is 4.79 Å². The topological polar surface area (TPSA) is 66.4 Å². The number of likely N-dealkylation sites (tertiary alicyclic amines) is 2. The lowest BCUT2D eigenvalue weighted by Gasteiger charge is -2.43. The number of β-lactam (4-membered cyclic amide) rings is 1. The van der Waals surface area contributed by atoms with Gasteiger partial charge in [-0.25, -0.2) is 14.8 Å². The zero-order valence-electron chi connectivity index (χ0n) is 14.2. The first kappa shape index (κ1) is 17.0. The summed E-state index contributed by atoms with van der Waals surface area (Å²) in [7, 11) is 0. The fraction of sp³-hybridized carbons (Fsp3) is 0.368. The predicted octanol–water partition coefficient (Wildman–Crippen LogP) is 3.01. The molecular formula is C19H20N4O2S. The van der Waals surface area contributed by atoms with Crippen molar-refractivity contribution in [3.8, 4) is 0 Å². The van der Waals surface area contributed by atoms with E-state index < -0.39 is 0 Å². The van der Waals surface area contributed by atoms with Gasteiger partial charge >= 0.3 is 6.03 Å². The molecule has 3 atom stereocenters. The van der Waals surface area contributed by atoms with Crippen molar-refractivity contribution < 1.29 is 9.59 Å². The van der Waals surface area contributed by atoms with Gasteiger partial charge in [0.2, 0.25) is 5.91 Å². The summed E-state index contributed by atoms with van der Waals surface area (Å²) in [6.45, 7) is 0.661. The molecule has 6 nitrogen and oxygen atoms in total. The first-order chi connectivity index (χ1) is 12.7. The maximum Gasteiger partial charge on any atom is 0.327 e. The monoisotopic (exact) mass is 368 g/mol. The molecule has 0 bridgehead atoms. The van der Waals surface area contributed by atoms with Gasteiger partial charge in [0.15, 0.2) is 0 Å². The van der Waals surface area contributed by atoms with Gasteiger partial charge in [0.1, 0.15) is 5.82 Å². The van der Waals surface area contributed by atoms with E-state index in [1.165, 1.54) is 4.90 Å². The van der Waals surface area contributed by atoms with Gasteiger partial charge in [-0.3, -0.25) is 9.69 Å². The Morgan fingerprint density at radius 2 is 1.88 bits per heavy atom. The number of hydrogen-bond donors (Lipinski definition) is 1. The molecule has 3 unspecified atom stereocenters. The van der Waals surface area contributed by atoms with Gasteiger partial charge in [0, 0.05) is 25.4 Å². The summed E-state index contributed by atoms with van der Waals surface area (Å²) in [6, 6.07) is 11.2. The zero-order chi connectivity index (χ0) is 18.1. The predicted molar refractivity (Wildman–Crippen MR) is 99.5 cm³/mol. The van der Waals surface area contributed by atoms with Crippen LogP contribution in [0.4, 0.5) is 4.79 Å². The summed E-state index contributed by atoms with van der Waals surface area (Å²) in [5.74, 6) is 0.376. The van der Waals surface area contributed by atoms with Gasteiger partial charge < -0.3 is 4.90 Å². The van der Waals surface area contributed by atoms with Crippen LogP contribution >= 0.6 is 12.6 Å². The van der Waals surface area contributed by atoms with Crippen LogP contribution in [0.5, 0.6) is 0 Å². The summed E-state index contributed by atoms with van der Waals surface area (Å²) >= 11 is 4.59.